The summed E-state index contributed by atoms with van der Waals surface area (Å²) in [6.07, 6.45) is -5.40. The van der Waals surface area contributed by atoms with Crippen LogP contribution >= 0.6 is 12.4 Å². The fraction of sp³-hybridized carbons (Fsp3) is 0.143. The summed E-state index contributed by atoms with van der Waals surface area (Å²) in [7, 11) is 0. The van der Waals surface area contributed by atoms with Gasteiger partial charge in [0.05, 0.1) is 10.9 Å². The van der Waals surface area contributed by atoms with Gasteiger partial charge >= 0.3 is 6.30 Å². The van der Waals surface area contributed by atoms with Crippen molar-refractivity contribution < 1.29 is 22.1 Å². The van der Waals surface area contributed by atoms with Gasteiger partial charge in [0.1, 0.15) is 0 Å². The van der Waals surface area contributed by atoms with Gasteiger partial charge in [-0.3, -0.25) is 0 Å². The van der Waals surface area contributed by atoms with E-state index in [1.807, 2.05) is 0 Å². The molecule has 0 amide bonds. The molecule has 0 aliphatic carbocycles. The van der Waals surface area contributed by atoms with E-state index >= 15 is 0 Å². The number of para-hydroxylation sites is 1. The van der Waals surface area contributed by atoms with Crippen LogP contribution in [0.1, 0.15) is 0 Å². The Labute approximate surface area is 88.1 Å². The van der Waals surface area contributed by atoms with E-state index in [4.69, 9.17) is 0 Å². The van der Waals surface area contributed by atoms with Crippen LogP contribution in [0, 0.1) is 0 Å². The van der Waals surface area contributed by atoms with E-state index in [-0.39, 0.29) is 12.4 Å². The number of hydrogen-bond acceptors (Lipinski definition) is 2. The molecule has 0 N–H and O–H groups in total. The molecule has 0 radical (unpaired) electrons. The van der Waals surface area contributed by atoms with Gasteiger partial charge < -0.3 is 0 Å². The molecule has 0 saturated heterocycles. The summed E-state index contributed by atoms with van der Waals surface area (Å²) in [4.78, 5) is 0. The first-order chi connectivity index (χ1) is 6.43. The van der Waals surface area contributed by atoms with Crippen LogP contribution in [0.4, 0.5) is 27.8 Å². The van der Waals surface area contributed by atoms with Crippen molar-refractivity contribution in [3.05, 3.63) is 30.3 Å². The molecule has 0 spiro atoms. The van der Waals surface area contributed by atoms with Crippen LogP contribution in [0.15, 0.2) is 30.3 Å². The van der Waals surface area contributed by atoms with Crippen LogP contribution in [-0.2, 0) is 0 Å². The summed E-state index contributed by atoms with van der Waals surface area (Å²) in [5.74, 6) is 0. The summed E-state index contributed by atoms with van der Waals surface area (Å²) in [5.41, 5.74) is -0.549. The number of halogens is 6. The molecular formula is C7H6ClF5N2. The minimum Gasteiger partial charge on any atom is -0.152 e. The molecule has 15 heavy (non-hydrogen) atoms. The first-order valence-electron chi connectivity index (χ1n) is 3.46. The van der Waals surface area contributed by atoms with E-state index < -0.39 is 22.4 Å². The molecule has 0 heterocycles. The van der Waals surface area contributed by atoms with Gasteiger partial charge in [-0.25, -0.2) is 0 Å². The SMILES string of the molecule is Cl.FN(c1ccccc1)N(F)C(F)(F)F. The summed E-state index contributed by atoms with van der Waals surface area (Å²) in [5, 5.41) is -3.07. The lowest BCUT2D eigenvalue weighted by atomic mass is 10.3. The molecule has 8 heteroatoms. The Morgan fingerprint density at radius 1 is 0.933 bits per heavy atom. The smallest absolute Gasteiger partial charge is 0.152 e. The maximum absolute atomic E-state index is 12.7. The first kappa shape index (κ1) is 13.9. The Hall–Kier alpha value is -1.08. The minimum absolute atomic E-state index is 0. The average molecular weight is 249 g/mol. The zero-order chi connectivity index (χ0) is 10.8. The number of nitrogens with zero attached hydrogens (tertiary/aromatic N) is 2. The highest BCUT2D eigenvalue weighted by atomic mass is 35.5. The van der Waals surface area contributed by atoms with Crippen molar-refractivity contribution in [2.24, 2.45) is 0 Å². The van der Waals surface area contributed by atoms with Crippen LogP contribution in [-0.4, -0.2) is 11.5 Å². The monoisotopic (exact) mass is 248 g/mol. The molecular weight excluding hydrogens is 243 g/mol. The molecule has 0 saturated carbocycles. The molecule has 86 valence electrons. The van der Waals surface area contributed by atoms with Crippen LogP contribution < -0.4 is 5.23 Å². The van der Waals surface area contributed by atoms with E-state index in [0.717, 1.165) is 12.1 Å². The summed E-state index contributed by atoms with van der Waals surface area (Å²) in [6.45, 7) is 0. The fourth-order valence-corrected chi connectivity index (χ4v) is 0.752. The van der Waals surface area contributed by atoms with Crippen molar-refractivity contribution in [2.45, 2.75) is 6.30 Å². The third-order valence-electron chi connectivity index (χ3n) is 1.33. The van der Waals surface area contributed by atoms with Gasteiger partial charge in [0.25, 0.3) is 0 Å². The van der Waals surface area contributed by atoms with Gasteiger partial charge in [0.2, 0.25) is 0 Å². The average Bonchev–Trinajstić information content (AvgIpc) is 2.15. The Bertz CT molecular complexity index is 291. The van der Waals surface area contributed by atoms with E-state index in [1.165, 1.54) is 18.2 Å². The largest absolute Gasteiger partial charge is 0.508 e. The number of alkyl halides is 3. The summed E-state index contributed by atoms with van der Waals surface area (Å²) >= 11 is 0. The van der Waals surface area contributed by atoms with Gasteiger partial charge in [-0.2, -0.15) is 13.2 Å². The highest BCUT2D eigenvalue weighted by Gasteiger charge is 2.44. The fourth-order valence-electron chi connectivity index (χ4n) is 0.752. The second kappa shape index (κ2) is 5.13. The molecule has 0 aliphatic heterocycles. The standard InChI is InChI=1S/C7H5F5N2.ClH/c8-7(9,10)14(12)13(11)6-4-2-1-3-5-6;/h1-5H;1H. The zero-order valence-electron chi connectivity index (χ0n) is 7.08. The lowest BCUT2D eigenvalue weighted by molar-refractivity contribution is -0.330. The second-order valence-corrected chi connectivity index (χ2v) is 2.32. The maximum atomic E-state index is 12.7. The molecule has 0 unspecified atom stereocenters. The Kier molecular flexibility index (Phi) is 4.76. The molecule has 0 fully saturated rings. The van der Waals surface area contributed by atoms with E-state index in [2.05, 4.69) is 0 Å². The summed E-state index contributed by atoms with van der Waals surface area (Å²) in [6, 6.07) is 6.03. The molecule has 1 aromatic rings. The minimum atomic E-state index is -5.40. The Balaban J connectivity index is 0.00000196. The number of hydrazine groups is 1. The third-order valence-corrected chi connectivity index (χ3v) is 1.33. The van der Waals surface area contributed by atoms with Crippen LogP contribution in [0.25, 0.3) is 0 Å². The van der Waals surface area contributed by atoms with Gasteiger partial charge in [0.15, 0.2) is 0 Å². The van der Waals surface area contributed by atoms with E-state index in [0.29, 0.717) is 0 Å². The molecule has 0 aliphatic rings. The van der Waals surface area contributed by atoms with E-state index in [9.17, 15) is 22.1 Å². The van der Waals surface area contributed by atoms with Crippen molar-refractivity contribution in [2.75, 3.05) is 5.23 Å². The number of hydrogen-bond donors (Lipinski definition) is 0. The normalized spacial score (nSPS) is 11.1. The molecule has 2 nitrogen and oxygen atoms in total. The predicted octanol–water partition coefficient (Wildman–Crippen LogP) is 3.42. The highest BCUT2D eigenvalue weighted by molar-refractivity contribution is 5.85. The maximum Gasteiger partial charge on any atom is 0.508 e. The van der Waals surface area contributed by atoms with Crippen molar-refractivity contribution in [3.8, 4) is 0 Å². The van der Waals surface area contributed by atoms with Crippen LogP contribution in [0.3, 0.4) is 0 Å². The second-order valence-electron chi connectivity index (χ2n) is 2.32. The van der Waals surface area contributed by atoms with Crippen molar-refractivity contribution in [1.29, 1.82) is 0 Å². The Morgan fingerprint density at radius 3 is 1.80 bits per heavy atom. The van der Waals surface area contributed by atoms with Crippen molar-refractivity contribution in [3.63, 3.8) is 0 Å². The molecule has 1 rings (SSSR count). The van der Waals surface area contributed by atoms with Gasteiger partial charge in [0, 0.05) is 0 Å². The predicted molar refractivity (Wildman–Crippen MR) is 46.3 cm³/mol. The summed E-state index contributed by atoms with van der Waals surface area (Å²) < 4.78 is 59.9. The Morgan fingerprint density at radius 2 is 1.40 bits per heavy atom. The van der Waals surface area contributed by atoms with E-state index in [1.54, 1.807) is 0 Å². The van der Waals surface area contributed by atoms with Gasteiger partial charge in [-0.15, -0.1) is 22.1 Å². The first-order valence-corrected chi connectivity index (χ1v) is 3.46. The third kappa shape index (κ3) is 3.52. The highest BCUT2D eigenvalue weighted by Crippen LogP contribution is 2.27. The lowest BCUT2D eigenvalue weighted by Gasteiger charge is -2.21. The van der Waals surface area contributed by atoms with Crippen molar-refractivity contribution >= 4 is 18.1 Å². The molecule has 0 atom stereocenters. The molecule has 0 aromatic heterocycles. The number of rotatable bonds is 2. The topological polar surface area (TPSA) is 6.48 Å². The molecule has 0 bridgehead atoms. The van der Waals surface area contributed by atoms with Gasteiger partial charge in [-0.05, 0) is 12.1 Å². The molecule has 1 aromatic carbocycles. The quantitative estimate of drug-likeness (QED) is 0.342. The van der Waals surface area contributed by atoms with Crippen LogP contribution in [0.5, 0.6) is 0 Å². The number of benzene rings is 1. The number of anilines is 1. The van der Waals surface area contributed by atoms with Crippen LogP contribution in [0.2, 0.25) is 0 Å². The lowest BCUT2D eigenvalue weighted by Crippen LogP contribution is -2.41. The zero-order valence-corrected chi connectivity index (χ0v) is 7.90. The van der Waals surface area contributed by atoms with Crippen molar-refractivity contribution in [1.82, 2.24) is 5.23 Å². The van der Waals surface area contributed by atoms with Gasteiger partial charge in [-0.1, -0.05) is 22.7 Å².